The van der Waals surface area contributed by atoms with Gasteiger partial charge in [-0.05, 0) is 12.1 Å². The van der Waals surface area contributed by atoms with Crippen LogP contribution in [0.4, 0.5) is 4.39 Å². The maximum atomic E-state index is 12.9. The maximum Gasteiger partial charge on any atom is 0.247 e. The second-order valence-corrected chi connectivity index (χ2v) is 3.66. The van der Waals surface area contributed by atoms with Crippen LogP contribution in [0.25, 0.3) is 0 Å². The van der Waals surface area contributed by atoms with Crippen LogP contribution in [0.15, 0.2) is 29.8 Å². The summed E-state index contributed by atoms with van der Waals surface area (Å²) >= 11 is 5.56. The monoisotopic (exact) mass is 243 g/mol. The SMILES string of the molecule is NC1=C(O)C(=O)C(c2ccc(F)c(Cl)c2)O1. The van der Waals surface area contributed by atoms with Gasteiger partial charge in [-0.1, -0.05) is 17.7 Å². The largest absolute Gasteiger partial charge is 0.501 e. The molecule has 2 rings (SSSR count). The zero-order chi connectivity index (χ0) is 11.9. The lowest BCUT2D eigenvalue weighted by atomic mass is 10.1. The summed E-state index contributed by atoms with van der Waals surface area (Å²) in [5.74, 6) is -2.22. The summed E-state index contributed by atoms with van der Waals surface area (Å²) in [5, 5.41) is 9.07. The number of carbonyl (C=O) groups excluding carboxylic acids is 1. The number of nitrogens with two attached hydrogens (primary N) is 1. The van der Waals surface area contributed by atoms with Gasteiger partial charge in [-0.25, -0.2) is 4.39 Å². The number of hydrogen-bond acceptors (Lipinski definition) is 4. The molecule has 1 aliphatic rings. The minimum atomic E-state index is -1.06. The van der Waals surface area contributed by atoms with E-state index in [1.807, 2.05) is 0 Å². The Morgan fingerprint density at radius 3 is 2.69 bits per heavy atom. The Labute approximate surface area is 95.1 Å². The Morgan fingerprint density at radius 1 is 1.50 bits per heavy atom. The Bertz CT molecular complexity index is 501. The number of ether oxygens (including phenoxy) is 1. The predicted octanol–water partition coefficient (Wildman–Crippen LogP) is 1.81. The van der Waals surface area contributed by atoms with Crippen LogP contribution < -0.4 is 5.73 Å². The summed E-state index contributed by atoms with van der Waals surface area (Å²) < 4.78 is 17.8. The fraction of sp³-hybridized carbons (Fsp3) is 0.100. The van der Waals surface area contributed by atoms with Gasteiger partial charge in [-0.15, -0.1) is 0 Å². The molecule has 0 saturated heterocycles. The van der Waals surface area contributed by atoms with Gasteiger partial charge in [0.15, 0.2) is 6.10 Å². The molecule has 3 N–H and O–H groups in total. The van der Waals surface area contributed by atoms with Crippen LogP contribution in [-0.4, -0.2) is 10.9 Å². The van der Waals surface area contributed by atoms with Crippen LogP contribution >= 0.6 is 11.6 Å². The molecule has 1 unspecified atom stereocenters. The van der Waals surface area contributed by atoms with Crippen molar-refractivity contribution in [2.45, 2.75) is 6.10 Å². The fourth-order valence-corrected chi connectivity index (χ4v) is 1.57. The summed E-state index contributed by atoms with van der Waals surface area (Å²) in [7, 11) is 0. The molecule has 0 radical (unpaired) electrons. The number of hydrogen-bond donors (Lipinski definition) is 2. The van der Waals surface area contributed by atoms with E-state index in [0.717, 1.165) is 6.07 Å². The van der Waals surface area contributed by atoms with E-state index in [1.165, 1.54) is 12.1 Å². The van der Waals surface area contributed by atoms with Gasteiger partial charge in [0.1, 0.15) is 5.82 Å². The lowest BCUT2D eigenvalue weighted by Crippen LogP contribution is -2.09. The van der Waals surface area contributed by atoms with E-state index in [0.29, 0.717) is 5.56 Å². The highest BCUT2D eigenvalue weighted by Gasteiger charge is 2.35. The molecule has 1 heterocycles. The second kappa shape index (κ2) is 3.68. The lowest BCUT2D eigenvalue weighted by molar-refractivity contribution is -0.123. The van der Waals surface area contributed by atoms with Gasteiger partial charge in [-0.2, -0.15) is 0 Å². The third kappa shape index (κ3) is 1.59. The van der Waals surface area contributed by atoms with Crippen molar-refractivity contribution in [3.8, 4) is 0 Å². The first-order valence-electron chi connectivity index (χ1n) is 4.35. The third-order valence-electron chi connectivity index (χ3n) is 2.20. The number of benzene rings is 1. The number of aliphatic hydroxyl groups is 1. The quantitative estimate of drug-likeness (QED) is 0.789. The van der Waals surface area contributed by atoms with Crippen LogP contribution in [0.3, 0.4) is 0 Å². The van der Waals surface area contributed by atoms with Crippen molar-refractivity contribution in [2.75, 3.05) is 0 Å². The van der Waals surface area contributed by atoms with Crippen molar-refractivity contribution in [3.63, 3.8) is 0 Å². The molecule has 0 amide bonds. The molecule has 84 valence electrons. The number of Topliss-reactive ketones (excluding diaryl/α,β-unsaturated/α-hetero) is 1. The molecule has 1 aliphatic heterocycles. The van der Waals surface area contributed by atoms with Gasteiger partial charge >= 0.3 is 0 Å². The van der Waals surface area contributed by atoms with E-state index in [4.69, 9.17) is 22.1 Å². The summed E-state index contributed by atoms with van der Waals surface area (Å²) in [6, 6.07) is 3.71. The van der Waals surface area contributed by atoms with Crippen LogP contribution in [0.2, 0.25) is 5.02 Å². The van der Waals surface area contributed by atoms with Crippen molar-refractivity contribution < 1.29 is 19.0 Å². The molecule has 0 bridgehead atoms. The molecule has 0 aliphatic carbocycles. The lowest BCUT2D eigenvalue weighted by Gasteiger charge is -2.10. The first kappa shape index (κ1) is 10.8. The highest BCUT2D eigenvalue weighted by atomic mass is 35.5. The zero-order valence-electron chi connectivity index (χ0n) is 7.91. The summed E-state index contributed by atoms with van der Waals surface area (Å²) in [4.78, 5) is 11.5. The topological polar surface area (TPSA) is 72.5 Å². The van der Waals surface area contributed by atoms with Gasteiger partial charge in [0.2, 0.25) is 17.4 Å². The molecule has 4 nitrogen and oxygen atoms in total. The van der Waals surface area contributed by atoms with Crippen LogP contribution in [0, 0.1) is 5.82 Å². The van der Waals surface area contributed by atoms with E-state index < -0.39 is 23.5 Å². The van der Waals surface area contributed by atoms with Crippen LogP contribution in [0.5, 0.6) is 0 Å². The molecule has 6 heteroatoms. The zero-order valence-corrected chi connectivity index (χ0v) is 8.66. The molecule has 16 heavy (non-hydrogen) atoms. The summed E-state index contributed by atoms with van der Waals surface area (Å²) in [6.07, 6.45) is -1.06. The molecule has 1 aromatic rings. The number of ketones is 1. The van der Waals surface area contributed by atoms with Gasteiger partial charge < -0.3 is 15.6 Å². The molecule has 1 atom stereocenters. The Balaban J connectivity index is 2.35. The molecular formula is C10H7ClFNO3. The fourth-order valence-electron chi connectivity index (χ4n) is 1.38. The van der Waals surface area contributed by atoms with E-state index in [9.17, 15) is 14.3 Å². The highest BCUT2D eigenvalue weighted by molar-refractivity contribution is 6.30. The van der Waals surface area contributed by atoms with E-state index >= 15 is 0 Å². The standard InChI is InChI=1S/C10H7ClFNO3/c11-5-3-4(1-2-6(5)12)9-7(14)8(15)10(13)16-9/h1-3,9,15H,13H2. The first-order valence-corrected chi connectivity index (χ1v) is 4.73. The van der Waals surface area contributed by atoms with Gasteiger partial charge in [0.25, 0.3) is 0 Å². The maximum absolute atomic E-state index is 12.9. The minimum Gasteiger partial charge on any atom is -0.501 e. The van der Waals surface area contributed by atoms with Crippen molar-refractivity contribution in [3.05, 3.63) is 46.2 Å². The van der Waals surface area contributed by atoms with Gasteiger partial charge in [0.05, 0.1) is 5.02 Å². The number of rotatable bonds is 1. The van der Waals surface area contributed by atoms with Crippen molar-refractivity contribution in [2.24, 2.45) is 5.73 Å². The highest BCUT2D eigenvalue weighted by Crippen LogP contribution is 2.31. The molecule has 0 spiro atoms. The molecule has 0 saturated carbocycles. The van der Waals surface area contributed by atoms with Crippen LogP contribution in [0.1, 0.15) is 11.7 Å². The molecule has 0 aromatic heterocycles. The Morgan fingerprint density at radius 2 is 2.19 bits per heavy atom. The number of aliphatic hydroxyl groups excluding tert-OH is 1. The van der Waals surface area contributed by atoms with E-state index in [-0.39, 0.29) is 10.9 Å². The van der Waals surface area contributed by atoms with E-state index in [2.05, 4.69) is 0 Å². The molecular weight excluding hydrogens is 237 g/mol. The molecule has 0 fully saturated rings. The van der Waals surface area contributed by atoms with Crippen molar-refractivity contribution in [1.82, 2.24) is 0 Å². The average Bonchev–Trinajstić information content (AvgIpc) is 2.50. The minimum absolute atomic E-state index is 0.126. The summed E-state index contributed by atoms with van der Waals surface area (Å²) in [6.45, 7) is 0. The Kier molecular flexibility index (Phi) is 2.47. The van der Waals surface area contributed by atoms with Crippen molar-refractivity contribution >= 4 is 17.4 Å². The van der Waals surface area contributed by atoms with Crippen LogP contribution in [-0.2, 0) is 9.53 Å². The normalized spacial score (nSPS) is 20.1. The van der Waals surface area contributed by atoms with Crippen molar-refractivity contribution in [1.29, 1.82) is 0 Å². The first-order chi connectivity index (χ1) is 7.50. The van der Waals surface area contributed by atoms with Gasteiger partial charge in [-0.3, -0.25) is 4.79 Å². The predicted molar refractivity (Wildman–Crippen MR) is 54.1 cm³/mol. The van der Waals surface area contributed by atoms with Gasteiger partial charge in [0, 0.05) is 5.56 Å². The number of halogens is 2. The average molecular weight is 244 g/mol. The molecule has 1 aromatic carbocycles. The smallest absolute Gasteiger partial charge is 0.247 e. The number of carbonyl (C=O) groups is 1. The second-order valence-electron chi connectivity index (χ2n) is 3.25. The Hall–Kier alpha value is -1.75. The third-order valence-corrected chi connectivity index (χ3v) is 2.49. The summed E-state index contributed by atoms with van der Waals surface area (Å²) in [5.41, 5.74) is 5.58. The van der Waals surface area contributed by atoms with E-state index in [1.54, 1.807) is 0 Å².